The zero-order valence-corrected chi connectivity index (χ0v) is 11.3. The summed E-state index contributed by atoms with van der Waals surface area (Å²) in [5.41, 5.74) is 5.38. The van der Waals surface area contributed by atoms with Gasteiger partial charge in [-0.2, -0.15) is 5.10 Å². The Kier molecular flexibility index (Phi) is 3.12. The van der Waals surface area contributed by atoms with E-state index in [0.29, 0.717) is 18.5 Å². The van der Waals surface area contributed by atoms with Gasteiger partial charge in [0.2, 0.25) is 10.0 Å². The van der Waals surface area contributed by atoms with Crippen LogP contribution in [0.15, 0.2) is 4.90 Å². The molecule has 7 nitrogen and oxygen atoms in total. The molecule has 1 aromatic rings. The van der Waals surface area contributed by atoms with Crippen LogP contribution in [-0.4, -0.2) is 35.5 Å². The van der Waals surface area contributed by atoms with E-state index in [-0.39, 0.29) is 17.3 Å². The number of aryl methyl sites for hydroxylation is 1. The van der Waals surface area contributed by atoms with Crippen molar-refractivity contribution in [2.24, 2.45) is 7.05 Å². The van der Waals surface area contributed by atoms with Crippen molar-refractivity contribution in [3.8, 4) is 0 Å². The second-order valence-corrected chi connectivity index (χ2v) is 6.44. The van der Waals surface area contributed by atoms with Crippen LogP contribution in [0.25, 0.3) is 0 Å². The molecule has 0 aromatic carbocycles. The van der Waals surface area contributed by atoms with Gasteiger partial charge in [0.25, 0.3) is 0 Å². The van der Waals surface area contributed by atoms with Crippen LogP contribution in [-0.2, 0) is 17.1 Å². The lowest BCUT2D eigenvalue weighted by Gasteiger charge is -2.40. The van der Waals surface area contributed by atoms with Crippen LogP contribution in [0.5, 0.6) is 0 Å². The number of nitrogens with zero attached hydrogens (tertiary/aromatic N) is 2. The van der Waals surface area contributed by atoms with E-state index in [4.69, 9.17) is 5.73 Å². The topological polar surface area (TPSA) is 110 Å². The first-order chi connectivity index (χ1) is 8.31. The molecule has 0 aliphatic heterocycles. The SMILES string of the molecule is Cc1c(S(=O)(=O)NC2(CO)CCC2)c(N)nn1C. The highest BCUT2D eigenvalue weighted by molar-refractivity contribution is 7.89. The van der Waals surface area contributed by atoms with E-state index < -0.39 is 15.6 Å². The number of nitrogens with one attached hydrogen (secondary N) is 1. The van der Waals surface area contributed by atoms with Gasteiger partial charge < -0.3 is 10.8 Å². The number of rotatable bonds is 4. The molecule has 1 saturated carbocycles. The number of anilines is 1. The molecule has 0 saturated heterocycles. The van der Waals surface area contributed by atoms with Crippen molar-refractivity contribution >= 4 is 15.8 Å². The molecule has 0 radical (unpaired) electrons. The van der Waals surface area contributed by atoms with Crippen LogP contribution in [0, 0.1) is 6.92 Å². The van der Waals surface area contributed by atoms with Gasteiger partial charge in [0.05, 0.1) is 17.8 Å². The number of hydrogen-bond donors (Lipinski definition) is 3. The first-order valence-corrected chi connectivity index (χ1v) is 7.23. The fourth-order valence-electron chi connectivity index (χ4n) is 2.18. The highest BCUT2D eigenvalue weighted by Crippen LogP contribution is 2.34. The Bertz CT molecular complexity index is 554. The molecule has 0 unspecified atom stereocenters. The summed E-state index contributed by atoms with van der Waals surface area (Å²) < 4.78 is 28.6. The molecule has 4 N–H and O–H groups in total. The van der Waals surface area contributed by atoms with Crippen molar-refractivity contribution in [1.82, 2.24) is 14.5 Å². The summed E-state index contributed by atoms with van der Waals surface area (Å²) in [6.45, 7) is 1.44. The average Bonchev–Trinajstić information content (AvgIpc) is 2.47. The molecule has 102 valence electrons. The molecule has 2 rings (SSSR count). The minimum atomic E-state index is -3.75. The molecular formula is C10H18N4O3S. The maximum absolute atomic E-state index is 12.3. The van der Waals surface area contributed by atoms with Crippen molar-refractivity contribution in [3.63, 3.8) is 0 Å². The zero-order valence-electron chi connectivity index (χ0n) is 10.5. The first-order valence-electron chi connectivity index (χ1n) is 5.75. The first kappa shape index (κ1) is 13.3. The van der Waals surface area contributed by atoms with E-state index in [0.717, 1.165) is 6.42 Å². The number of hydrogen-bond acceptors (Lipinski definition) is 5. The van der Waals surface area contributed by atoms with Gasteiger partial charge in [-0.15, -0.1) is 0 Å². The maximum Gasteiger partial charge on any atom is 0.246 e. The minimum absolute atomic E-state index is 0.00438. The van der Waals surface area contributed by atoms with Crippen LogP contribution in [0.2, 0.25) is 0 Å². The van der Waals surface area contributed by atoms with Gasteiger partial charge in [-0.1, -0.05) is 0 Å². The van der Waals surface area contributed by atoms with Crippen LogP contribution < -0.4 is 10.5 Å². The molecule has 1 aliphatic rings. The number of aliphatic hydroxyl groups excluding tert-OH is 1. The molecule has 0 bridgehead atoms. The number of aliphatic hydroxyl groups is 1. The Balaban J connectivity index is 2.37. The summed E-state index contributed by atoms with van der Waals surface area (Å²) in [7, 11) is -2.11. The van der Waals surface area contributed by atoms with Crippen molar-refractivity contribution < 1.29 is 13.5 Å². The molecule has 0 amide bonds. The predicted octanol–water partition coefficient (Wildman–Crippen LogP) is -0.496. The number of aromatic nitrogens is 2. The number of nitrogen functional groups attached to an aromatic ring is 1. The second kappa shape index (κ2) is 4.22. The number of nitrogens with two attached hydrogens (primary N) is 1. The lowest BCUT2D eigenvalue weighted by molar-refractivity contribution is 0.110. The average molecular weight is 274 g/mol. The molecule has 18 heavy (non-hydrogen) atoms. The third kappa shape index (κ3) is 2.00. The van der Waals surface area contributed by atoms with Gasteiger partial charge in [-0.3, -0.25) is 4.68 Å². The van der Waals surface area contributed by atoms with Crippen LogP contribution in [0.4, 0.5) is 5.82 Å². The Morgan fingerprint density at radius 2 is 2.17 bits per heavy atom. The van der Waals surface area contributed by atoms with Crippen molar-refractivity contribution in [3.05, 3.63) is 5.69 Å². The van der Waals surface area contributed by atoms with Gasteiger partial charge in [-0.25, -0.2) is 13.1 Å². The highest BCUT2D eigenvalue weighted by atomic mass is 32.2. The van der Waals surface area contributed by atoms with Crippen molar-refractivity contribution in [1.29, 1.82) is 0 Å². The second-order valence-electron chi connectivity index (χ2n) is 4.82. The summed E-state index contributed by atoms with van der Waals surface area (Å²) in [5, 5.41) is 13.2. The van der Waals surface area contributed by atoms with E-state index in [9.17, 15) is 13.5 Å². The molecular weight excluding hydrogens is 256 g/mol. The smallest absolute Gasteiger partial charge is 0.246 e. The Labute approximate surface area is 106 Å². The van der Waals surface area contributed by atoms with Crippen LogP contribution in [0.1, 0.15) is 25.0 Å². The van der Waals surface area contributed by atoms with Crippen LogP contribution in [0.3, 0.4) is 0 Å². The minimum Gasteiger partial charge on any atom is -0.394 e. The fourth-order valence-corrected chi connectivity index (χ4v) is 3.96. The molecule has 1 heterocycles. The summed E-state index contributed by atoms with van der Waals surface area (Å²) in [6, 6.07) is 0. The molecule has 1 fully saturated rings. The Morgan fingerprint density at radius 1 is 1.56 bits per heavy atom. The summed E-state index contributed by atoms with van der Waals surface area (Å²) in [5.74, 6) is -0.0186. The maximum atomic E-state index is 12.3. The summed E-state index contributed by atoms with van der Waals surface area (Å²) >= 11 is 0. The normalized spacial score (nSPS) is 18.6. The van der Waals surface area contributed by atoms with E-state index in [2.05, 4.69) is 9.82 Å². The van der Waals surface area contributed by atoms with Gasteiger partial charge in [0.15, 0.2) is 5.82 Å². The van der Waals surface area contributed by atoms with E-state index in [1.807, 2.05) is 0 Å². The monoisotopic (exact) mass is 274 g/mol. The fraction of sp³-hybridized carbons (Fsp3) is 0.700. The van der Waals surface area contributed by atoms with Gasteiger partial charge in [0, 0.05) is 7.05 Å². The third-order valence-corrected chi connectivity index (χ3v) is 5.28. The van der Waals surface area contributed by atoms with Gasteiger partial charge >= 0.3 is 0 Å². The van der Waals surface area contributed by atoms with Gasteiger partial charge in [-0.05, 0) is 26.2 Å². The lowest BCUT2D eigenvalue weighted by Crippen LogP contribution is -2.56. The predicted molar refractivity (Wildman–Crippen MR) is 66.3 cm³/mol. The summed E-state index contributed by atoms with van der Waals surface area (Å²) in [4.78, 5) is 0.00438. The standard InChI is InChI=1S/C10H18N4O3S/c1-7-8(9(11)12-14(7)2)18(16,17)13-10(6-15)4-3-5-10/h13,15H,3-6H2,1-2H3,(H2,11,12). The zero-order chi connectivity index (χ0) is 13.6. The van der Waals surface area contributed by atoms with E-state index in [1.54, 1.807) is 14.0 Å². The quantitative estimate of drug-likeness (QED) is 0.686. The lowest BCUT2D eigenvalue weighted by atomic mass is 9.78. The molecule has 0 spiro atoms. The van der Waals surface area contributed by atoms with E-state index >= 15 is 0 Å². The van der Waals surface area contributed by atoms with Crippen molar-refractivity contribution in [2.75, 3.05) is 12.3 Å². The number of sulfonamides is 1. The van der Waals surface area contributed by atoms with Gasteiger partial charge in [0.1, 0.15) is 4.90 Å². The van der Waals surface area contributed by atoms with Crippen LogP contribution >= 0.6 is 0 Å². The molecule has 0 atom stereocenters. The summed E-state index contributed by atoms with van der Waals surface area (Å²) in [6.07, 6.45) is 2.19. The van der Waals surface area contributed by atoms with Crippen molar-refractivity contribution in [2.45, 2.75) is 36.6 Å². The largest absolute Gasteiger partial charge is 0.394 e. The van der Waals surface area contributed by atoms with E-state index in [1.165, 1.54) is 4.68 Å². The Morgan fingerprint density at radius 3 is 2.50 bits per heavy atom. The Hall–Kier alpha value is -1.12. The highest BCUT2D eigenvalue weighted by Gasteiger charge is 2.41. The molecule has 1 aromatic heterocycles. The molecule has 8 heteroatoms. The molecule has 1 aliphatic carbocycles. The third-order valence-electron chi connectivity index (χ3n) is 3.54.